The van der Waals surface area contributed by atoms with Crippen LogP contribution in [-0.2, 0) is 4.79 Å². The summed E-state index contributed by atoms with van der Waals surface area (Å²) in [5.41, 5.74) is 3.99. The summed E-state index contributed by atoms with van der Waals surface area (Å²) in [6.07, 6.45) is 6.99. The van der Waals surface area contributed by atoms with Crippen LogP contribution in [0.3, 0.4) is 0 Å². The molecular formula is C23H23ClN4O2. The fourth-order valence-electron chi connectivity index (χ4n) is 3.50. The normalized spacial score (nSPS) is 14.3. The Hall–Kier alpha value is -3.09. The zero-order valence-corrected chi connectivity index (χ0v) is 17.5. The van der Waals surface area contributed by atoms with E-state index in [0.717, 1.165) is 24.2 Å². The van der Waals surface area contributed by atoms with Gasteiger partial charge in [-0.15, -0.1) is 0 Å². The lowest BCUT2D eigenvalue weighted by atomic mass is 10.0. The van der Waals surface area contributed by atoms with Gasteiger partial charge in [-0.1, -0.05) is 35.9 Å². The Balaban J connectivity index is 1.36. The topological polar surface area (TPSA) is 59.4 Å². The molecule has 0 spiro atoms. The number of aromatic nitrogens is 2. The number of carbonyl (C=O) groups is 1. The van der Waals surface area contributed by atoms with Crippen LogP contribution in [0.25, 0.3) is 11.3 Å². The largest absolute Gasteiger partial charge is 0.495 e. The van der Waals surface area contributed by atoms with E-state index in [9.17, 15) is 4.79 Å². The molecule has 0 saturated heterocycles. The van der Waals surface area contributed by atoms with Crippen LogP contribution in [0.15, 0.2) is 67.0 Å². The van der Waals surface area contributed by atoms with E-state index >= 15 is 0 Å². The lowest BCUT2D eigenvalue weighted by Gasteiger charge is -2.25. The number of carbonyl (C=O) groups excluding carboxylic acids is 1. The van der Waals surface area contributed by atoms with E-state index in [1.165, 1.54) is 5.57 Å². The molecule has 0 saturated carbocycles. The number of rotatable bonds is 6. The molecule has 1 aliphatic rings. The molecule has 3 aromatic rings. The van der Waals surface area contributed by atoms with Gasteiger partial charge in [-0.25, -0.2) is 4.68 Å². The van der Waals surface area contributed by atoms with Gasteiger partial charge in [-0.3, -0.25) is 9.69 Å². The van der Waals surface area contributed by atoms with Crippen LogP contribution in [-0.4, -0.2) is 47.3 Å². The lowest BCUT2D eigenvalue weighted by molar-refractivity contribution is -0.117. The van der Waals surface area contributed by atoms with Crippen LogP contribution in [0.4, 0.5) is 5.69 Å². The molecule has 1 aliphatic heterocycles. The molecule has 4 rings (SSSR count). The molecule has 2 heterocycles. The van der Waals surface area contributed by atoms with Crippen LogP contribution in [0.5, 0.6) is 5.75 Å². The summed E-state index contributed by atoms with van der Waals surface area (Å²) < 4.78 is 7.17. The highest BCUT2D eigenvalue weighted by Gasteiger charge is 2.18. The van der Waals surface area contributed by atoms with Crippen LogP contribution in [0, 0.1) is 0 Å². The molecule has 1 aromatic heterocycles. The first kappa shape index (κ1) is 20.2. The van der Waals surface area contributed by atoms with Crippen molar-refractivity contribution in [3.63, 3.8) is 0 Å². The molecule has 0 bridgehead atoms. The summed E-state index contributed by atoms with van der Waals surface area (Å²) in [5.74, 6) is 0.494. The first-order valence-corrected chi connectivity index (χ1v) is 10.2. The van der Waals surface area contributed by atoms with Crippen molar-refractivity contribution in [1.29, 1.82) is 0 Å². The molecule has 0 unspecified atom stereocenters. The molecule has 0 atom stereocenters. The number of ether oxygens (including phenoxy) is 1. The molecule has 6 nitrogen and oxygen atoms in total. The van der Waals surface area contributed by atoms with E-state index in [1.54, 1.807) is 25.3 Å². The van der Waals surface area contributed by atoms with Crippen LogP contribution < -0.4 is 10.1 Å². The number of nitrogens with one attached hydrogen (secondary N) is 1. The van der Waals surface area contributed by atoms with E-state index in [-0.39, 0.29) is 5.91 Å². The number of halogens is 1. The van der Waals surface area contributed by atoms with E-state index in [0.29, 0.717) is 29.5 Å². The summed E-state index contributed by atoms with van der Waals surface area (Å²) in [7, 11) is 1.57. The average molecular weight is 423 g/mol. The van der Waals surface area contributed by atoms with E-state index < -0.39 is 0 Å². The summed E-state index contributed by atoms with van der Waals surface area (Å²) in [6, 6.07) is 15.2. The Morgan fingerprint density at radius 2 is 2.07 bits per heavy atom. The number of para-hydroxylation sites is 1. The maximum absolute atomic E-state index is 12.5. The van der Waals surface area contributed by atoms with Gasteiger partial charge in [0.25, 0.3) is 0 Å². The van der Waals surface area contributed by atoms with Gasteiger partial charge in [-0.2, -0.15) is 5.10 Å². The van der Waals surface area contributed by atoms with Crippen molar-refractivity contribution < 1.29 is 9.53 Å². The average Bonchev–Trinajstić information content (AvgIpc) is 3.25. The Morgan fingerprint density at radius 1 is 1.23 bits per heavy atom. The monoisotopic (exact) mass is 422 g/mol. The minimum absolute atomic E-state index is 0.0932. The summed E-state index contributed by atoms with van der Waals surface area (Å²) >= 11 is 6.03. The van der Waals surface area contributed by atoms with Crippen LogP contribution in [0.2, 0.25) is 5.02 Å². The highest BCUT2D eigenvalue weighted by molar-refractivity contribution is 6.31. The van der Waals surface area contributed by atoms with Gasteiger partial charge in [0.05, 0.1) is 31.2 Å². The number of hydrogen-bond donors (Lipinski definition) is 1. The van der Waals surface area contributed by atoms with Gasteiger partial charge in [0, 0.05) is 29.9 Å². The number of benzene rings is 2. The van der Waals surface area contributed by atoms with Gasteiger partial charge in [0.1, 0.15) is 5.75 Å². The van der Waals surface area contributed by atoms with E-state index in [1.807, 2.05) is 41.2 Å². The minimum Gasteiger partial charge on any atom is -0.495 e. The fraction of sp³-hybridized carbons (Fsp3) is 0.217. The second-order valence-corrected chi connectivity index (χ2v) is 7.55. The Morgan fingerprint density at radius 3 is 2.80 bits per heavy atom. The van der Waals surface area contributed by atoms with E-state index in [4.69, 9.17) is 16.3 Å². The van der Waals surface area contributed by atoms with Crippen molar-refractivity contribution in [2.45, 2.75) is 6.42 Å². The lowest BCUT2D eigenvalue weighted by Crippen LogP contribution is -2.36. The Labute approximate surface area is 180 Å². The molecule has 30 heavy (non-hydrogen) atoms. The van der Waals surface area contributed by atoms with Crippen molar-refractivity contribution in [1.82, 2.24) is 14.7 Å². The Bertz CT molecular complexity index is 1060. The summed E-state index contributed by atoms with van der Waals surface area (Å²) in [5, 5.41) is 7.91. The second-order valence-electron chi connectivity index (χ2n) is 7.12. The van der Waals surface area contributed by atoms with Crippen molar-refractivity contribution in [2.24, 2.45) is 0 Å². The van der Waals surface area contributed by atoms with Gasteiger partial charge < -0.3 is 10.1 Å². The van der Waals surface area contributed by atoms with Gasteiger partial charge in [0.2, 0.25) is 5.91 Å². The van der Waals surface area contributed by atoms with E-state index in [2.05, 4.69) is 27.6 Å². The predicted octanol–water partition coefficient (Wildman–Crippen LogP) is 4.26. The molecule has 0 fully saturated rings. The highest BCUT2D eigenvalue weighted by atomic mass is 35.5. The molecular weight excluding hydrogens is 400 g/mol. The number of amides is 1. The predicted molar refractivity (Wildman–Crippen MR) is 119 cm³/mol. The van der Waals surface area contributed by atoms with Gasteiger partial charge >= 0.3 is 0 Å². The quantitative estimate of drug-likeness (QED) is 0.644. The first-order valence-electron chi connectivity index (χ1n) is 9.77. The SMILES string of the molecule is COc1ccc(Cl)cc1NC(=O)CN1CC=C(c2cnn(-c3ccccc3)c2)CC1. The maximum atomic E-state index is 12.5. The van der Waals surface area contributed by atoms with Crippen molar-refractivity contribution in [3.8, 4) is 11.4 Å². The zero-order chi connectivity index (χ0) is 20.9. The zero-order valence-electron chi connectivity index (χ0n) is 16.7. The number of methoxy groups -OCH3 is 1. The number of nitrogens with zero attached hydrogens (tertiary/aromatic N) is 3. The maximum Gasteiger partial charge on any atom is 0.238 e. The van der Waals surface area contributed by atoms with Crippen LogP contribution >= 0.6 is 11.6 Å². The fourth-order valence-corrected chi connectivity index (χ4v) is 3.67. The smallest absolute Gasteiger partial charge is 0.238 e. The molecule has 0 aliphatic carbocycles. The Kier molecular flexibility index (Phi) is 6.16. The van der Waals surface area contributed by atoms with Gasteiger partial charge in [-0.05, 0) is 42.3 Å². The second kappa shape index (κ2) is 9.15. The highest BCUT2D eigenvalue weighted by Crippen LogP contribution is 2.28. The van der Waals surface area contributed by atoms with Gasteiger partial charge in [0.15, 0.2) is 0 Å². The molecule has 2 aromatic carbocycles. The first-order chi connectivity index (χ1) is 14.6. The molecule has 154 valence electrons. The third kappa shape index (κ3) is 4.72. The summed E-state index contributed by atoms with van der Waals surface area (Å²) in [6.45, 7) is 1.83. The van der Waals surface area contributed by atoms with Crippen molar-refractivity contribution in [3.05, 3.63) is 77.6 Å². The molecule has 1 amide bonds. The third-order valence-corrected chi connectivity index (χ3v) is 5.31. The van der Waals surface area contributed by atoms with Crippen LogP contribution in [0.1, 0.15) is 12.0 Å². The summed E-state index contributed by atoms with van der Waals surface area (Å²) in [4.78, 5) is 14.6. The number of hydrogen-bond acceptors (Lipinski definition) is 4. The molecule has 0 radical (unpaired) electrons. The standard InChI is InChI=1S/C23H23ClN4O2/c1-30-22-8-7-19(24)13-21(22)26-23(29)16-27-11-9-17(10-12-27)18-14-25-28(15-18)20-5-3-2-4-6-20/h2-9,13-15H,10-12,16H2,1H3,(H,26,29). The molecule has 7 heteroatoms. The minimum atomic E-state index is -0.0932. The molecule has 1 N–H and O–H groups in total. The third-order valence-electron chi connectivity index (χ3n) is 5.07. The van der Waals surface area contributed by atoms with Crippen molar-refractivity contribution >= 4 is 28.8 Å². The van der Waals surface area contributed by atoms with Crippen molar-refractivity contribution in [2.75, 3.05) is 32.1 Å². The number of anilines is 1.